The summed E-state index contributed by atoms with van der Waals surface area (Å²) in [6.07, 6.45) is -5.09. The minimum atomic E-state index is -4.17. The third kappa shape index (κ3) is 3.21. The van der Waals surface area contributed by atoms with Crippen molar-refractivity contribution in [2.24, 2.45) is 0 Å². The van der Waals surface area contributed by atoms with Crippen molar-refractivity contribution >= 4 is 15.9 Å². The predicted molar refractivity (Wildman–Crippen MR) is 50.5 cm³/mol. The van der Waals surface area contributed by atoms with Crippen molar-refractivity contribution in [1.82, 2.24) is 0 Å². The quantitative estimate of drug-likeness (QED) is 0.797. The van der Waals surface area contributed by atoms with Gasteiger partial charge in [-0.15, -0.1) is 0 Å². The molecule has 0 spiro atoms. The van der Waals surface area contributed by atoms with E-state index in [0.29, 0.717) is 10.2 Å². The summed E-state index contributed by atoms with van der Waals surface area (Å²) < 4.78 is 41.5. The molecule has 0 saturated carbocycles. The van der Waals surface area contributed by atoms with Crippen molar-refractivity contribution in [3.8, 4) is 5.75 Å². The van der Waals surface area contributed by atoms with Gasteiger partial charge in [-0.05, 0) is 33.6 Å². The second-order valence-corrected chi connectivity index (χ2v) is 3.62. The molecule has 0 atom stereocenters. The van der Waals surface area contributed by atoms with Gasteiger partial charge >= 0.3 is 6.18 Å². The van der Waals surface area contributed by atoms with Crippen molar-refractivity contribution in [1.29, 1.82) is 0 Å². The van der Waals surface area contributed by atoms with E-state index >= 15 is 0 Å². The van der Waals surface area contributed by atoms with Gasteiger partial charge in [-0.3, -0.25) is 0 Å². The fraction of sp³-hybridized carbons (Fsp3) is 0.333. The molecule has 14 heavy (non-hydrogen) atoms. The highest BCUT2D eigenvalue weighted by Gasteiger charge is 2.27. The van der Waals surface area contributed by atoms with Crippen LogP contribution in [0.3, 0.4) is 0 Å². The van der Waals surface area contributed by atoms with E-state index in [1.165, 1.54) is 25.3 Å². The molecule has 1 aromatic carbocycles. The fourth-order valence-corrected chi connectivity index (χ4v) is 1.64. The summed E-state index contributed by atoms with van der Waals surface area (Å²) in [5, 5.41) is 0. The molecular formula is C9H8BrF3O. The van der Waals surface area contributed by atoms with Crippen molar-refractivity contribution in [2.75, 3.05) is 7.11 Å². The average Bonchev–Trinajstić information content (AvgIpc) is 2.01. The molecule has 0 amide bonds. The van der Waals surface area contributed by atoms with Gasteiger partial charge in [0.15, 0.2) is 0 Å². The molecule has 0 heterocycles. The van der Waals surface area contributed by atoms with Crippen LogP contribution in [0.5, 0.6) is 5.75 Å². The highest BCUT2D eigenvalue weighted by atomic mass is 79.9. The van der Waals surface area contributed by atoms with Gasteiger partial charge in [0.1, 0.15) is 5.75 Å². The van der Waals surface area contributed by atoms with Gasteiger partial charge in [-0.2, -0.15) is 13.2 Å². The Morgan fingerprint density at radius 1 is 1.36 bits per heavy atom. The molecule has 0 bridgehead atoms. The number of hydrogen-bond acceptors (Lipinski definition) is 1. The molecule has 0 unspecified atom stereocenters. The molecule has 1 aromatic rings. The first kappa shape index (κ1) is 11.4. The van der Waals surface area contributed by atoms with Crippen LogP contribution in [0, 0.1) is 0 Å². The van der Waals surface area contributed by atoms with Crippen molar-refractivity contribution < 1.29 is 17.9 Å². The van der Waals surface area contributed by atoms with Gasteiger partial charge in [0.2, 0.25) is 0 Å². The van der Waals surface area contributed by atoms with E-state index in [-0.39, 0.29) is 5.56 Å². The van der Waals surface area contributed by atoms with Gasteiger partial charge in [0, 0.05) is 0 Å². The van der Waals surface area contributed by atoms with Crippen molar-refractivity contribution in [2.45, 2.75) is 12.6 Å². The van der Waals surface area contributed by atoms with E-state index in [4.69, 9.17) is 4.74 Å². The Morgan fingerprint density at radius 2 is 2.00 bits per heavy atom. The van der Waals surface area contributed by atoms with Crippen LogP contribution in [0.4, 0.5) is 13.2 Å². The first-order valence-electron chi connectivity index (χ1n) is 3.81. The Hall–Kier alpha value is -0.710. The molecule has 0 saturated heterocycles. The standard InChI is InChI=1S/C9H8BrF3O/c1-14-8-3-2-6(4-7(8)10)5-9(11,12)13/h2-4H,5H2,1H3. The van der Waals surface area contributed by atoms with Crippen LogP contribution in [0.25, 0.3) is 0 Å². The normalized spacial score (nSPS) is 11.5. The monoisotopic (exact) mass is 268 g/mol. The molecule has 5 heteroatoms. The second-order valence-electron chi connectivity index (χ2n) is 2.76. The first-order valence-corrected chi connectivity index (χ1v) is 4.61. The van der Waals surface area contributed by atoms with Crippen LogP contribution in [0.15, 0.2) is 22.7 Å². The predicted octanol–water partition coefficient (Wildman–Crippen LogP) is 3.56. The summed E-state index contributed by atoms with van der Waals surface area (Å²) >= 11 is 3.12. The van der Waals surface area contributed by atoms with Crippen molar-refractivity contribution in [3.63, 3.8) is 0 Å². The lowest BCUT2D eigenvalue weighted by Gasteiger charge is -2.08. The molecule has 0 fully saturated rings. The number of methoxy groups -OCH3 is 1. The van der Waals surface area contributed by atoms with Crippen LogP contribution in [-0.4, -0.2) is 13.3 Å². The third-order valence-electron chi connectivity index (χ3n) is 1.62. The lowest BCUT2D eigenvalue weighted by molar-refractivity contribution is -0.127. The Bertz CT molecular complexity index is 322. The van der Waals surface area contributed by atoms with Crippen LogP contribution >= 0.6 is 15.9 Å². The SMILES string of the molecule is COc1ccc(CC(F)(F)F)cc1Br. The van der Waals surface area contributed by atoms with Gasteiger partial charge in [0.25, 0.3) is 0 Å². The van der Waals surface area contributed by atoms with E-state index in [1.54, 1.807) is 0 Å². The molecule has 0 aliphatic carbocycles. The summed E-state index contributed by atoms with van der Waals surface area (Å²) in [6.45, 7) is 0. The highest BCUT2D eigenvalue weighted by molar-refractivity contribution is 9.10. The lowest BCUT2D eigenvalue weighted by atomic mass is 10.1. The maximum atomic E-state index is 12.0. The molecule has 1 nitrogen and oxygen atoms in total. The summed E-state index contributed by atoms with van der Waals surface area (Å²) in [5.74, 6) is 0.524. The van der Waals surface area contributed by atoms with Gasteiger partial charge < -0.3 is 4.74 Å². The number of ether oxygens (including phenoxy) is 1. The molecule has 0 aromatic heterocycles. The van der Waals surface area contributed by atoms with Crippen LogP contribution in [0.1, 0.15) is 5.56 Å². The zero-order valence-electron chi connectivity index (χ0n) is 7.36. The number of benzene rings is 1. The number of halogens is 4. The smallest absolute Gasteiger partial charge is 0.393 e. The van der Waals surface area contributed by atoms with Gasteiger partial charge in [-0.1, -0.05) is 6.07 Å². The second kappa shape index (κ2) is 4.21. The molecular weight excluding hydrogens is 261 g/mol. The van der Waals surface area contributed by atoms with E-state index in [0.717, 1.165) is 0 Å². The third-order valence-corrected chi connectivity index (χ3v) is 2.24. The number of hydrogen-bond donors (Lipinski definition) is 0. The summed E-state index contributed by atoms with van der Waals surface area (Å²) in [5.41, 5.74) is 0.213. The average molecular weight is 269 g/mol. The van der Waals surface area contributed by atoms with Gasteiger partial charge in [-0.25, -0.2) is 0 Å². The summed E-state index contributed by atoms with van der Waals surface area (Å²) in [7, 11) is 1.46. The maximum Gasteiger partial charge on any atom is 0.393 e. The zero-order chi connectivity index (χ0) is 10.8. The number of alkyl halides is 3. The van der Waals surface area contributed by atoms with E-state index in [1.807, 2.05) is 0 Å². The van der Waals surface area contributed by atoms with Crippen molar-refractivity contribution in [3.05, 3.63) is 28.2 Å². The Labute approximate surface area is 88.0 Å². The minimum absolute atomic E-state index is 0.213. The van der Waals surface area contributed by atoms with Crippen LogP contribution in [-0.2, 0) is 6.42 Å². The van der Waals surface area contributed by atoms with Crippen LogP contribution < -0.4 is 4.74 Å². The molecule has 0 radical (unpaired) electrons. The topological polar surface area (TPSA) is 9.23 Å². The fourth-order valence-electron chi connectivity index (χ4n) is 1.05. The molecule has 78 valence electrons. The summed E-state index contributed by atoms with van der Waals surface area (Å²) in [6, 6.07) is 4.31. The maximum absolute atomic E-state index is 12.0. The van der Waals surface area contributed by atoms with E-state index in [2.05, 4.69) is 15.9 Å². The van der Waals surface area contributed by atoms with E-state index in [9.17, 15) is 13.2 Å². The Balaban J connectivity index is 2.87. The molecule has 1 rings (SSSR count). The Kier molecular flexibility index (Phi) is 3.42. The molecule has 0 N–H and O–H groups in total. The largest absolute Gasteiger partial charge is 0.496 e. The summed E-state index contributed by atoms with van der Waals surface area (Å²) in [4.78, 5) is 0. The molecule has 0 aliphatic rings. The number of rotatable bonds is 2. The zero-order valence-corrected chi connectivity index (χ0v) is 8.95. The minimum Gasteiger partial charge on any atom is -0.496 e. The van der Waals surface area contributed by atoms with Crippen LogP contribution in [0.2, 0.25) is 0 Å². The first-order chi connectivity index (χ1) is 6.42. The van der Waals surface area contributed by atoms with E-state index < -0.39 is 12.6 Å². The molecule has 0 aliphatic heterocycles. The van der Waals surface area contributed by atoms with Gasteiger partial charge in [0.05, 0.1) is 18.0 Å². The highest BCUT2D eigenvalue weighted by Crippen LogP contribution is 2.28. The Morgan fingerprint density at radius 3 is 2.43 bits per heavy atom. The lowest BCUT2D eigenvalue weighted by Crippen LogP contribution is -2.11.